The van der Waals surface area contributed by atoms with Crippen LogP contribution in [0.5, 0.6) is 0 Å². The summed E-state index contributed by atoms with van der Waals surface area (Å²) in [7, 11) is 4.29. The lowest BCUT2D eigenvalue weighted by Crippen LogP contribution is -2.39. The van der Waals surface area contributed by atoms with Crippen molar-refractivity contribution in [2.24, 2.45) is 14.1 Å². The number of rotatable bonds is 2. The Bertz CT molecular complexity index is 592. The highest BCUT2D eigenvalue weighted by atomic mass is 15.0. The van der Waals surface area contributed by atoms with Crippen LogP contribution in [0.1, 0.15) is 29.3 Å². The van der Waals surface area contributed by atoms with Crippen molar-refractivity contribution in [2.75, 3.05) is 0 Å². The predicted octanol–water partition coefficient (Wildman–Crippen LogP) is 3.00. The van der Waals surface area contributed by atoms with Crippen LogP contribution < -0.4 is 4.57 Å². The molecule has 2 heteroatoms. The summed E-state index contributed by atoms with van der Waals surface area (Å²) >= 11 is 0. The molecule has 0 amide bonds. The van der Waals surface area contributed by atoms with Gasteiger partial charge in [0.05, 0.1) is 0 Å². The van der Waals surface area contributed by atoms with Crippen LogP contribution >= 0.6 is 0 Å². The number of nitrogens with zero attached hydrogens (tertiary/aromatic N) is 2. The standard InChI is InChI=1S/C16H23N2/c1-7-14-12(3)11(2)13(4)16(18(14)6)15-9-8-10-17(15)5/h8-10H,7H2,1-6H3/q+1. The van der Waals surface area contributed by atoms with E-state index in [2.05, 4.69) is 69.3 Å². The van der Waals surface area contributed by atoms with Gasteiger partial charge in [0.1, 0.15) is 12.7 Å². The Morgan fingerprint density at radius 3 is 2.28 bits per heavy atom. The minimum atomic E-state index is 1.07. The first kappa shape index (κ1) is 12.9. The van der Waals surface area contributed by atoms with Gasteiger partial charge < -0.3 is 4.57 Å². The lowest BCUT2D eigenvalue weighted by Gasteiger charge is -2.14. The fraction of sp³-hybridized carbons (Fsp3) is 0.438. The molecule has 0 aromatic carbocycles. The summed E-state index contributed by atoms with van der Waals surface area (Å²) in [5.74, 6) is 0. The van der Waals surface area contributed by atoms with Crippen molar-refractivity contribution in [3.05, 3.63) is 40.7 Å². The molecule has 0 aliphatic carbocycles. The Morgan fingerprint density at radius 1 is 1.11 bits per heavy atom. The monoisotopic (exact) mass is 243 g/mol. The van der Waals surface area contributed by atoms with Crippen molar-refractivity contribution in [1.29, 1.82) is 0 Å². The first-order valence-electron chi connectivity index (χ1n) is 6.59. The fourth-order valence-electron chi connectivity index (χ4n) is 2.89. The van der Waals surface area contributed by atoms with E-state index in [4.69, 9.17) is 0 Å². The molecule has 96 valence electrons. The van der Waals surface area contributed by atoms with Crippen LogP contribution in [0.3, 0.4) is 0 Å². The summed E-state index contributed by atoms with van der Waals surface area (Å²) in [5.41, 5.74) is 8.27. The summed E-state index contributed by atoms with van der Waals surface area (Å²) in [6, 6.07) is 4.30. The van der Waals surface area contributed by atoms with Gasteiger partial charge in [0, 0.05) is 30.8 Å². The van der Waals surface area contributed by atoms with Crippen molar-refractivity contribution in [1.82, 2.24) is 4.57 Å². The third-order valence-corrected chi connectivity index (χ3v) is 4.17. The number of aryl methyl sites for hydroxylation is 1. The van der Waals surface area contributed by atoms with E-state index in [1.165, 1.54) is 33.8 Å². The Morgan fingerprint density at radius 2 is 1.78 bits per heavy atom. The van der Waals surface area contributed by atoms with Crippen LogP contribution in [0.15, 0.2) is 18.3 Å². The quantitative estimate of drug-likeness (QED) is 0.717. The molecule has 0 saturated heterocycles. The number of hydrogen-bond acceptors (Lipinski definition) is 0. The Labute approximate surface area is 110 Å². The first-order chi connectivity index (χ1) is 8.49. The molecule has 0 atom stereocenters. The first-order valence-corrected chi connectivity index (χ1v) is 6.59. The minimum Gasteiger partial charge on any atom is -0.346 e. The van der Waals surface area contributed by atoms with Gasteiger partial charge in [-0.2, -0.15) is 4.57 Å². The molecule has 0 bridgehead atoms. The highest BCUT2D eigenvalue weighted by Crippen LogP contribution is 2.25. The topological polar surface area (TPSA) is 8.81 Å². The zero-order valence-electron chi connectivity index (χ0n) is 12.3. The molecule has 2 aromatic heterocycles. The van der Waals surface area contributed by atoms with E-state index in [0.29, 0.717) is 0 Å². The average Bonchev–Trinajstić information content (AvgIpc) is 2.74. The fourth-order valence-corrected chi connectivity index (χ4v) is 2.89. The molecular weight excluding hydrogens is 220 g/mol. The molecule has 2 nitrogen and oxygen atoms in total. The van der Waals surface area contributed by atoms with Gasteiger partial charge in [-0.1, -0.05) is 6.92 Å². The van der Waals surface area contributed by atoms with Crippen LogP contribution in [0, 0.1) is 20.8 Å². The van der Waals surface area contributed by atoms with E-state index in [9.17, 15) is 0 Å². The molecule has 0 N–H and O–H groups in total. The smallest absolute Gasteiger partial charge is 0.232 e. The second-order valence-corrected chi connectivity index (χ2v) is 5.09. The minimum absolute atomic E-state index is 1.07. The number of hydrogen-bond donors (Lipinski definition) is 0. The Balaban J connectivity index is 2.83. The van der Waals surface area contributed by atoms with Crippen LogP contribution in [0.4, 0.5) is 0 Å². The van der Waals surface area contributed by atoms with Gasteiger partial charge in [0.2, 0.25) is 5.69 Å². The lowest BCUT2D eigenvalue weighted by molar-refractivity contribution is -0.668. The third kappa shape index (κ3) is 1.76. The van der Waals surface area contributed by atoms with Gasteiger partial charge in [-0.15, -0.1) is 0 Å². The molecular formula is C16H23N2+. The molecule has 2 aromatic rings. The second kappa shape index (κ2) is 4.60. The summed E-state index contributed by atoms with van der Waals surface area (Å²) in [6.07, 6.45) is 3.18. The molecule has 0 radical (unpaired) electrons. The summed E-state index contributed by atoms with van der Waals surface area (Å²) in [4.78, 5) is 0. The molecule has 0 aliphatic rings. The van der Waals surface area contributed by atoms with Gasteiger partial charge in [-0.3, -0.25) is 0 Å². The van der Waals surface area contributed by atoms with Gasteiger partial charge in [0.15, 0.2) is 5.69 Å². The van der Waals surface area contributed by atoms with Crippen molar-refractivity contribution in [3.63, 3.8) is 0 Å². The van der Waals surface area contributed by atoms with Crippen molar-refractivity contribution in [3.8, 4) is 11.4 Å². The molecule has 0 spiro atoms. The van der Waals surface area contributed by atoms with Crippen LogP contribution in [-0.4, -0.2) is 4.57 Å². The van der Waals surface area contributed by atoms with E-state index >= 15 is 0 Å². The summed E-state index contributed by atoms with van der Waals surface area (Å²) in [5, 5.41) is 0. The van der Waals surface area contributed by atoms with Gasteiger partial charge in [-0.25, -0.2) is 0 Å². The maximum Gasteiger partial charge on any atom is 0.232 e. The largest absolute Gasteiger partial charge is 0.346 e. The Hall–Kier alpha value is -1.57. The van der Waals surface area contributed by atoms with Crippen LogP contribution in [0.2, 0.25) is 0 Å². The average molecular weight is 243 g/mol. The van der Waals surface area contributed by atoms with Gasteiger partial charge in [-0.05, 0) is 38.5 Å². The predicted molar refractivity (Wildman–Crippen MR) is 75.6 cm³/mol. The highest BCUT2D eigenvalue weighted by Gasteiger charge is 2.23. The molecule has 0 aliphatic heterocycles. The number of aromatic nitrogens is 2. The zero-order chi connectivity index (χ0) is 13.4. The maximum atomic E-state index is 2.35. The van der Waals surface area contributed by atoms with E-state index < -0.39 is 0 Å². The van der Waals surface area contributed by atoms with Gasteiger partial charge in [0.25, 0.3) is 0 Å². The van der Waals surface area contributed by atoms with Crippen molar-refractivity contribution >= 4 is 0 Å². The summed E-state index contributed by atoms with van der Waals surface area (Å²) in [6.45, 7) is 8.92. The van der Waals surface area contributed by atoms with Gasteiger partial charge >= 0.3 is 0 Å². The van der Waals surface area contributed by atoms with Crippen molar-refractivity contribution in [2.45, 2.75) is 34.1 Å². The molecule has 18 heavy (non-hydrogen) atoms. The number of pyridine rings is 1. The van der Waals surface area contributed by atoms with Crippen LogP contribution in [0.25, 0.3) is 11.4 Å². The van der Waals surface area contributed by atoms with E-state index in [0.717, 1.165) is 6.42 Å². The van der Waals surface area contributed by atoms with E-state index in [-0.39, 0.29) is 0 Å². The lowest BCUT2D eigenvalue weighted by atomic mass is 9.98. The third-order valence-electron chi connectivity index (χ3n) is 4.17. The normalized spacial score (nSPS) is 11.0. The Kier molecular flexibility index (Phi) is 3.29. The zero-order valence-corrected chi connectivity index (χ0v) is 12.3. The summed E-state index contributed by atoms with van der Waals surface area (Å²) < 4.78 is 4.55. The van der Waals surface area contributed by atoms with Crippen molar-refractivity contribution < 1.29 is 4.57 Å². The maximum absolute atomic E-state index is 2.35. The SMILES string of the molecule is CCc1c(C)c(C)c(C)c(-c2cccn2C)[n+]1C. The highest BCUT2D eigenvalue weighted by molar-refractivity contribution is 5.59. The molecule has 0 unspecified atom stereocenters. The molecule has 0 fully saturated rings. The molecule has 2 heterocycles. The molecule has 0 saturated carbocycles. The second-order valence-electron chi connectivity index (χ2n) is 5.09. The van der Waals surface area contributed by atoms with E-state index in [1.807, 2.05) is 0 Å². The van der Waals surface area contributed by atoms with E-state index in [1.54, 1.807) is 0 Å². The molecule has 2 rings (SSSR count). The van der Waals surface area contributed by atoms with Crippen LogP contribution in [-0.2, 0) is 20.5 Å².